The Labute approximate surface area is 234 Å². The van der Waals surface area contributed by atoms with Gasteiger partial charge in [0.05, 0.1) is 0 Å². The molecule has 2 aliphatic heterocycles. The Balaban J connectivity index is 1.00. The highest BCUT2D eigenvalue weighted by Crippen LogP contribution is 2.53. The smallest absolute Gasteiger partial charge is 0.221 e. The van der Waals surface area contributed by atoms with Crippen molar-refractivity contribution in [3.63, 3.8) is 0 Å². The fourth-order valence-corrected chi connectivity index (χ4v) is 7.48. The molecule has 3 aliphatic rings. The van der Waals surface area contributed by atoms with Gasteiger partial charge in [0.1, 0.15) is 0 Å². The van der Waals surface area contributed by atoms with Crippen molar-refractivity contribution in [2.75, 3.05) is 25.5 Å². The Morgan fingerprint density at radius 3 is 2.00 bits per heavy atom. The van der Waals surface area contributed by atoms with Gasteiger partial charge in [0, 0.05) is 50.2 Å². The van der Waals surface area contributed by atoms with E-state index in [1.807, 2.05) is 6.07 Å². The minimum atomic E-state index is 0.0682. The number of rotatable bonds is 9. The zero-order valence-electron chi connectivity index (χ0n) is 23.6. The molecule has 1 amide bonds. The second-order valence-corrected chi connectivity index (χ2v) is 12.2. The molecule has 39 heavy (non-hydrogen) atoms. The summed E-state index contributed by atoms with van der Waals surface area (Å²) in [6, 6.07) is 29.9. The van der Waals surface area contributed by atoms with Crippen molar-refractivity contribution < 1.29 is 4.79 Å². The maximum atomic E-state index is 13.3. The summed E-state index contributed by atoms with van der Waals surface area (Å²) in [5.41, 5.74) is 6.75. The number of benzene rings is 3. The first kappa shape index (κ1) is 26.1. The zero-order valence-corrected chi connectivity index (χ0v) is 23.6. The molecule has 6 rings (SSSR count). The van der Waals surface area contributed by atoms with Gasteiger partial charge in [0.25, 0.3) is 0 Å². The van der Waals surface area contributed by atoms with Crippen LogP contribution < -0.4 is 10.2 Å². The van der Waals surface area contributed by atoms with Gasteiger partial charge in [-0.05, 0) is 91.8 Å². The fourth-order valence-electron chi connectivity index (χ4n) is 7.48. The number of amides is 1. The Morgan fingerprint density at radius 1 is 0.795 bits per heavy atom. The van der Waals surface area contributed by atoms with E-state index in [-0.39, 0.29) is 11.8 Å². The van der Waals surface area contributed by atoms with Crippen molar-refractivity contribution in [3.8, 4) is 0 Å². The Kier molecular flexibility index (Phi) is 7.74. The van der Waals surface area contributed by atoms with E-state index >= 15 is 0 Å². The maximum Gasteiger partial charge on any atom is 0.221 e. The summed E-state index contributed by atoms with van der Waals surface area (Å²) in [6.07, 6.45) is 9.11. The molecule has 1 saturated heterocycles. The van der Waals surface area contributed by atoms with Crippen LogP contribution in [-0.2, 0) is 4.79 Å². The van der Waals surface area contributed by atoms with Gasteiger partial charge in [-0.1, -0.05) is 66.7 Å². The third-order valence-electron chi connectivity index (χ3n) is 9.64. The van der Waals surface area contributed by atoms with Gasteiger partial charge in [0.2, 0.25) is 5.91 Å². The molecule has 204 valence electrons. The topological polar surface area (TPSA) is 35.6 Å². The van der Waals surface area contributed by atoms with E-state index < -0.39 is 0 Å². The SMILES string of the molecule is CN(C)c1ccc(C(CC(=O)NC2CCC(CCN3C4CCC3c3ccccc34)CC2)c2ccccc2)cc1. The van der Waals surface area contributed by atoms with Gasteiger partial charge in [0.15, 0.2) is 0 Å². The first-order valence-electron chi connectivity index (χ1n) is 15.0. The first-order valence-corrected chi connectivity index (χ1v) is 15.0. The molecule has 0 radical (unpaired) electrons. The lowest BCUT2D eigenvalue weighted by atomic mass is 9.83. The van der Waals surface area contributed by atoms with Crippen molar-refractivity contribution in [1.82, 2.24) is 10.2 Å². The summed E-state index contributed by atoms with van der Waals surface area (Å²) in [4.78, 5) is 18.2. The maximum absolute atomic E-state index is 13.3. The van der Waals surface area contributed by atoms with Crippen LogP contribution in [0.4, 0.5) is 5.69 Å². The Hall–Kier alpha value is -3.11. The summed E-state index contributed by atoms with van der Waals surface area (Å²) < 4.78 is 0. The zero-order chi connectivity index (χ0) is 26.8. The van der Waals surface area contributed by atoms with Gasteiger partial charge in [-0.25, -0.2) is 0 Å². The van der Waals surface area contributed by atoms with Crippen molar-refractivity contribution in [2.45, 2.75) is 75.4 Å². The molecule has 0 aromatic heterocycles. The van der Waals surface area contributed by atoms with Crippen molar-refractivity contribution in [3.05, 3.63) is 101 Å². The first-order chi connectivity index (χ1) is 19.1. The van der Waals surface area contributed by atoms with Gasteiger partial charge < -0.3 is 10.2 Å². The van der Waals surface area contributed by atoms with E-state index in [9.17, 15) is 4.79 Å². The number of nitrogens with zero attached hydrogens (tertiary/aromatic N) is 2. The van der Waals surface area contributed by atoms with Gasteiger partial charge in [-0.2, -0.15) is 0 Å². The minimum absolute atomic E-state index is 0.0682. The largest absolute Gasteiger partial charge is 0.378 e. The lowest BCUT2D eigenvalue weighted by Gasteiger charge is -2.31. The normalized spacial score (nSPS) is 24.8. The molecule has 3 aromatic carbocycles. The molecule has 3 atom stereocenters. The molecule has 2 heterocycles. The van der Waals surface area contributed by atoms with Crippen LogP contribution >= 0.6 is 0 Å². The monoisotopic (exact) mass is 521 g/mol. The predicted octanol–water partition coefficient (Wildman–Crippen LogP) is 7.23. The highest BCUT2D eigenvalue weighted by atomic mass is 16.1. The Morgan fingerprint density at radius 2 is 1.38 bits per heavy atom. The molecule has 1 aliphatic carbocycles. The fraction of sp³-hybridized carbons (Fsp3) is 0.457. The number of fused-ring (bicyclic) bond motifs is 5. The number of hydrogen-bond acceptors (Lipinski definition) is 3. The van der Waals surface area contributed by atoms with E-state index in [0.717, 1.165) is 18.8 Å². The molecule has 0 spiro atoms. The van der Waals surface area contributed by atoms with E-state index in [1.54, 1.807) is 11.1 Å². The molecule has 3 unspecified atom stereocenters. The third kappa shape index (κ3) is 5.63. The molecule has 4 heteroatoms. The summed E-state index contributed by atoms with van der Waals surface area (Å²) >= 11 is 0. The molecular weight excluding hydrogens is 478 g/mol. The molecular formula is C35H43N3O. The van der Waals surface area contributed by atoms with Crippen LogP contribution in [-0.4, -0.2) is 37.5 Å². The number of carbonyl (C=O) groups excluding carboxylic acids is 1. The van der Waals surface area contributed by atoms with Gasteiger partial charge in [-0.15, -0.1) is 0 Å². The van der Waals surface area contributed by atoms with Crippen molar-refractivity contribution in [2.24, 2.45) is 5.92 Å². The summed E-state index contributed by atoms with van der Waals surface area (Å²) in [7, 11) is 4.11. The number of nitrogens with one attached hydrogen (secondary N) is 1. The summed E-state index contributed by atoms with van der Waals surface area (Å²) in [6.45, 7) is 1.22. The van der Waals surface area contributed by atoms with Crippen molar-refractivity contribution in [1.29, 1.82) is 0 Å². The quantitative estimate of drug-likeness (QED) is 0.323. The van der Waals surface area contributed by atoms with Crippen LogP contribution in [0.5, 0.6) is 0 Å². The van der Waals surface area contributed by atoms with Gasteiger partial charge in [-0.3, -0.25) is 9.69 Å². The predicted molar refractivity (Wildman–Crippen MR) is 160 cm³/mol. The average molecular weight is 522 g/mol. The summed E-state index contributed by atoms with van der Waals surface area (Å²) in [5, 5.41) is 3.41. The lowest BCUT2D eigenvalue weighted by molar-refractivity contribution is -0.122. The summed E-state index contributed by atoms with van der Waals surface area (Å²) in [5.74, 6) is 1.03. The number of hydrogen-bond donors (Lipinski definition) is 1. The highest BCUT2D eigenvalue weighted by molar-refractivity contribution is 5.78. The van der Waals surface area contributed by atoms with Crippen LogP contribution in [0.25, 0.3) is 0 Å². The second kappa shape index (κ2) is 11.6. The molecule has 2 fully saturated rings. The molecule has 1 N–H and O–H groups in total. The van der Waals surface area contributed by atoms with E-state index in [0.29, 0.717) is 24.5 Å². The molecule has 2 bridgehead atoms. The second-order valence-electron chi connectivity index (χ2n) is 12.2. The Bertz CT molecular complexity index is 1220. The van der Waals surface area contributed by atoms with Crippen LogP contribution in [0.2, 0.25) is 0 Å². The van der Waals surface area contributed by atoms with E-state index in [4.69, 9.17) is 0 Å². The lowest BCUT2D eigenvalue weighted by Crippen LogP contribution is -2.38. The van der Waals surface area contributed by atoms with Crippen LogP contribution in [0.15, 0.2) is 78.9 Å². The minimum Gasteiger partial charge on any atom is -0.378 e. The van der Waals surface area contributed by atoms with Crippen LogP contribution in [0, 0.1) is 5.92 Å². The van der Waals surface area contributed by atoms with Crippen LogP contribution in [0.3, 0.4) is 0 Å². The van der Waals surface area contributed by atoms with Crippen LogP contribution in [0.1, 0.15) is 91.6 Å². The average Bonchev–Trinajstić information content (AvgIpc) is 3.52. The third-order valence-corrected chi connectivity index (χ3v) is 9.64. The molecule has 1 saturated carbocycles. The number of carbonyl (C=O) groups is 1. The highest BCUT2D eigenvalue weighted by Gasteiger charge is 2.43. The van der Waals surface area contributed by atoms with Gasteiger partial charge >= 0.3 is 0 Å². The standard InChI is InChI=1S/C35H43N3O/c1-37(2)29-18-14-27(15-19-29)32(26-8-4-3-5-9-26)24-35(39)36-28-16-12-25(13-17-28)22-23-38-33-20-21-34(38)31-11-7-6-10-30(31)33/h3-11,14-15,18-19,25,28,32-34H,12-13,16-17,20-24H2,1-2H3,(H,36,39). The van der Waals surface area contributed by atoms with E-state index in [1.165, 1.54) is 55.5 Å². The van der Waals surface area contributed by atoms with Crippen molar-refractivity contribution >= 4 is 11.6 Å². The molecule has 3 aromatic rings. The number of anilines is 1. The molecule has 4 nitrogen and oxygen atoms in total. The van der Waals surface area contributed by atoms with E-state index in [2.05, 4.69) is 102 Å².